The van der Waals surface area contributed by atoms with Crippen LogP contribution in [0.25, 0.3) is 0 Å². The molecule has 8 heteroatoms. The van der Waals surface area contributed by atoms with Crippen molar-refractivity contribution >= 4 is 17.6 Å². The van der Waals surface area contributed by atoms with Crippen LogP contribution in [0.5, 0.6) is 0 Å². The number of rotatable bonds is 4. The number of carbonyl (C=O) groups excluding carboxylic acids is 2. The van der Waals surface area contributed by atoms with Gasteiger partial charge in [-0.3, -0.25) is 4.79 Å². The van der Waals surface area contributed by atoms with Crippen LogP contribution in [0.1, 0.15) is 29.7 Å². The van der Waals surface area contributed by atoms with Gasteiger partial charge in [-0.1, -0.05) is 12.1 Å². The molecule has 1 aliphatic heterocycles. The Morgan fingerprint density at radius 1 is 1.33 bits per heavy atom. The molecule has 0 aromatic heterocycles. The maximum Gasteiger partial charge on any atom is 0.322 e. The number of urea groups is 1. The number of hydrogen-bond acceptors (Lipinski definition) is 3. The Morgan fingerprint density at radius 2 is 2.11 bits per heavy atom. The first kappa shape index (κ1) is 18.3. The fourth-order valence-electron chi connectivity index (χ4n) is 2.91. The van der Waals surface area contributed by atoms with Gasteiger partial charge in [-0.25, -0.2) is 13.6 Å². The second-order valence-electron chi connectivity index (χ2n) is 6.19. The fraction of sp³-hybridized carbons (Fsp3) is 0.211. The molecule has 1 aliphatic rings. The van der Waals surface area contributed by atoms with E-state index in [1.54, 1.807) is 13.0 Å². The molecule has 0 unspecified atom stereocenters. The van der Waals surface area contributed by atoms with Gasteiger partial charge in [0.2, 0.25) is 5.91 Å². The van der Waals surface area contributed by atoms with Gasteiger partial charge in [0.1, 0.15) is 18.2 Å². The van der Waals surface area contributed by atoms with Crippen molar-refractivity contribution in [2.45, 2.75) is 19.5 Å². The summed E-state index contributed by atoms with van der Waals surface area (Å²) in [5.74, 6) is -1.58. The Kier molecular flexibility index (Phi) is 5.03. The molecule has 3 amide bonds. The van der Waals surface area contributed by atoms with E-state index in [-0.39, 0.29) is 24.2 Å². The first-order valence-corrected chi connectivity index (χ1v) is 8.21. The van der Waals surface area contributed by atoms with Crippen LogP contribution in [0.3, 0.4) is 0 Å². The van der Waals surface area contributed by atoms with Crippen molar-refractivity contribution in [1.82, 2.24) is 10.2 Å². The summed E-state index contributed by atoms with van der Waals surface area (Å²) in [6.07, 6.45) is 0. The van der Waals surface area contributed by atoms with E-state index in [4.69, 9.17) is 5.26 Å². The van der Waals surface area contributed by atoms with Crippen molar-refractivity contribution in [3.05, 3.63) is 64.7 Å². The topological polar surface area (TPSA) is 85.2 Å². The molecule has 27 heavy (non-hydrogen) atoms. The lowest BCUT2D eigenvalue weighted by atomic mass is 10.1. The zero-order valence-electron chi connectivity index (χ0n) is 14.4. The summed E-state index contributed by atoms with van der Waals surface area (Å²) in [6, 6.07) is 9.00. The van der Waals surface area contributed by atoms with Gasteiger partial charge in [0.25, 0.3) is 0 Å². The molecule has 2 aromatic rings. The molecule has 0 saturated carbocycles. The van der Waals surface area contributed by atoms with E-state index in [0.29, 0.717) is 11.3 Å². The third-order valence-electron chi connectivity index (χ3n) is 4.30. The van der Waals surface area contributed by atoms with E-state index in [1.807, 2.05) is 6.07 Å². The highest BCUT2D eigenvalue weighted by Crippen LogP contribution is 2.25. The van der Waals surface area contributed by atoms with E-state index in [9.17, 15) is 18.4 Å². The molecule has 0 spiro atoms. The first-order chi connectivity index (χ1) is 12.9. The Balaban J connectivity index is 1.66. The predicted octanol–water partition coefficient (Wildman–Crippen LogP) is 3.06. The van der Waals surface area contributed by atoms with Crippen LogP contribution < -0.4 is 10.6 Å². The van der Waals surface area contributed by atoms with Crippen LogP contribution in [0.15, 0.2) is 36.4 Å². The summed E-state index contributed by atoms with van der Waals surface area (Å²) in [6.45, 7) is 1.25. The largest absolute Gasteiger partial charge is 0.348 e. The SMILES string of the molecule is C[C@H](NC(=O)CN1Cc2c(F)cccc2NC1=O)c1ccc(C#N)cc1F. The van der Waals surface area contributed by atoms with Gasteiger partial charge in [-0.05, 0) is 31.2 Å². The molecule has 0 fully saturated rings. The van der Waals surface area contributed by atoms with Crippen molar-refractivity contribution in [2.75, 3.05) is 11.9 Å². The molecule has 2 aromatic carbocycles. The number of carbonyl (C=O) groups is 2. The number of halogens is 2. The second-order valence-corrected chi connectivity index (χ2v) is 6.19. The Hall–Kier alpha value is -3.47. The van der Waals surface area contributed by atoms with E-state index >= 15 is 0 Å². The smallest absolute Gasteiger partial charge is 0.322 e. The minimum atomic E-state index is -0.665. The summed E-state index contributed by atoms with van der Waals surface area (Å²) < 4.78 is 28.0. The van der Waals surface area contributed by atoms with Crippen LogP contribution in [0, 0.1) is 23.0 Å². The van der Waals surface area contributed by atoms with Gasteiger partial charge in [0.15, 0.2) is 0 Å². The third-order valence-corrected chi connectivity index (χ3v) is 4.30. The molecule has 0 saturated heterocycles. The highest BCUT2D eigenvalue weighted by Gasteiger charge is 2.27. The lowest BCUT2D eigenvalue weighted by molar-refractivity contribution is -0.122. The maximum atomic E-state index is 14.0. The standard InChI is InChI=1S/C19H16F2N4O2/c1-11(13-6-5-12(8-22)7-16(13)21)23-18(26)10-25-9-14-15(20)3-2-4-17(14)24-19(25)27/h2-7,11H,9-10H2,1H3,(H,23,26)(H,24,27)/t11-/m0/s1. The lowest BCUT2D eigenvalue weighted by Gasteiger charge is -2.29. The third kappa shape index (κ3) is 3.87. The zero-order valence-corrected chi connectivity index (χ0v) is 14.4. The van der Waals surface area contributed by atoms with Gasteiger partial charge >= 0.3 is 6.03 Å². The van der Waals surface area contributed by atoms with E-state index in [0.717, 1.165) is 6.07 Å². The average Bonchev–Trinajstić information content (AvgIpc) is 2.62. The van der Waals surface area contributed by atoms with Crippen molar-refractivity contribution < 1.29 is 18.4 Å². The zero-order chi connectivity index (χ0) is 19.6. The van der Waals surface area contributed by atoms with E-state index < -0.39 is 29.6 Å². The summed E-state index contributed by atoms with van der Waals surface area (Å²) in [7, 11) is 0. The Labute approximate surface area is 154 Å². The molecule has 1 heterocycles. The summed E-state index contributed by atoms with van der Waals surface area (Å²) >= 11 is 0. The number of nitrogens with one attached hydrogen (secondary N) is 2. The molecule has 1 atom stereocenters. The molecule has 6 nitrogen and oxygen atoms in total. The summed E-state index contributed by atoms with van der Waals surface area (Å²) in [5, 5.41) is 13.9. The van der Waals surface area contributed by atoms with Crippen molar-refractivity contribution in [3.63, 3.8) is 0 Å². The normalized spacial score (nSPS) is 14.0. The quantitative estimate of drug-likeness (QED) is 0.867. The van der Waals surface area contributed by atoms with Crippen LogP contribution in [-0.4, -0.2) is 23.4 Å². The van der Waals surface area contributed by atoms with Gasteiger partial charge in [-0.15, -0.1) is 0 Å². The number of nitriles is 1. The minimum absolute atomic E-state index is 0.0408. The number of hydrogen-bond donors (Lipinski definition) is 2. The summed E-state index contributed by atoms with van der Waals surface area (Å²) in [5.41, 5.74) is 1.09. The van der Waals surface area contributed by atoms with Crippen LogP contribution in [0.4, 0.5) is 19.3 Å². The molecular weight excluding hydrogens is 354 g/mol. The Morgan fingerprint density at radius 3 is 2.81 bits per heavy atom. The van der Waals surface area contributed by atoms with Gasteiger partial charge in [0.05, 0.1) is 29.9 Å². The van der Waals surface area contributed by atoms with Crippen molar-refractivity contribution in [3.8, 4) is 6.07 Å². The number of benzene rings is 2. The number of anilines is 1. The van der Waals surface area contributed by atoms with Crippen LogP contribution in [0.2, 0.25) is 0 Å². The molecule has 0 radical (unpaired) electrons. The molecule has 2 N–H and O–H groups in total. The highest BCUT2D eigenvalue weighted by molar-refractivity contribution is 5.94. The maximum absolute atomic E-state index is 14.0. The molecule has 138 valence electrons. The Bertz CT molecular complexity index is 955. The highest BCUT2D eigenvalue weighted by atomic mass is 19.1. The number of fused-ring (bicyclic) bond motifs is 1. The monoisotopic (exact) mass is 370 g/mol. The second kappa shape index (κ2) is 7.41. The minimum Gasteiger partial charge on any atom is -0.348 e. The van der Waals surface area contributed by atoms with Gasteiger partial charge < -0.3 is 15.5 Å². The lowest BCUT2D eigenvalue weighted by Crippen LogP contribution is -2.45. The van der Waals surface area contributed by atoms with Crippen LogP contribution >= 0.6 is 0 Å². The summed E-state index contributed by atoms with van der Waals surface area (Å²) in [4.78, 5) is 25.5. The van der Waals surface area contributed by atoms with E-state index in [2.05, 4.69) is 10.6 Å². The van der Waals surface area contributed by atoms with Crippen LogP contribution in [-0.2, 0) is 11.3 Å². The fourth-order valence-corrected chi connectivity index (χ4v) is 2.91. The van der Waals surface area contributed by atoms with Crippen molar-refractivity contribution in [1.29, 1.82) is 5.26 Å². The molecular formula is C19H16F2N4O2. The van der Waals surface area contributed by atoms with Gasteiger partial charge in [-0.2, -0.15) is 5.26 Å². The predicted molar refractivity (Wildman–Crippen MR) is 93.5 cm³/mol. The first-order valence-electron chi connectivity index (χ1n) is 8.21. The molecule has 0 aliphatic carbocycles. The average molecular weight is 370 g/mol. The molecule has 0 bridgehead atoms. The van der Waals surface area contributed by atoms with Crippen molar-refractivity contribution in [2.24, 2.45) is 0 Å². The van der Waals surface area contributed by atoms with E-state index in [1.165, 1.54) is 29.2 Å². The van der Waals surface area contributed by atoms with Gasteiger partial charge in [0, 0.05) is 11.1 Å². The molecule has 3 rings (SSSR count). The number of amides is 3. The number of nitrogens with zero attached hydrogens (tertiary/aromatic N) is 2.